The van der Waals surface area contributed by atoms with Crippen molar-refractivity contribution < 1.29 is 14.3 Å². The number of esters is 1. The van der Waals surface area contributed by atoms with Gasteiger partial charge in [0.2, 0.25) is 12.4 Å². The molecule has 1 aliphatic rings. The molecular weight excluding hydrogens is 324 g/mol. The number of carbonyl (C=O) groups is 2. The third-order valence-electron chi connectivity index (χ3n) is 3.90. The van der Waals surface area contributed by atoms with Crippen molar-refractivity contribution in [2.24, 2.45) is 0 Å². The van der Waals surface area contributed by atoms with E-state index in [9.17, 15) is 9.59 Å². The summed E-state index contributed by atoms with van der Waals surface area (Å²) in [4.78, 5) is 30.5. The molecule has 9 heteroatoms. The zero-order valence-electron chi connectivity index (χ0n) is 13.8. The van der Waals surface area contributed by atoms with Crippen LogP contribution in [0.3, 0.4) is 0 Å². The van der Waals surface area contributed by atoms with E-state index >= 15 is 0 Å². The Balaban J connectivity index is 1.67. The lowest BCUT2D eigenvalue weighted by Gasteiger charge is -2.33. The Morgan fingerprint density at radius 2 is 1.92 bits per heavy atom. The lowest BCUT2D eigenvalue weighted by Crippen LogP contribution is -2.46. The van der Waals surface area contributed by atoms with Gasteiger partial charge in [-0.25, -0.2) is 4.79 Å². The molecule has 0 aliphatic carbocycles. The first-order valence-electron chi connectivity index (χ1n) is 7.79. The average Bonchev–Trinajstić information content (AvgIpc) is 2.68. The van der Waals surface area contributed by atoms with E-state index in [1.54, 1.807) is 35.4 Å². The third-order valence-corrected chi connectivity index (χ3v) is 3.90. The minimum Gasteiger partial charge on any atom is -0.465 e. The van der Waals surface area contributed by atoms with Gasteiger partial charge < -0.3 is 19.9 Å². The maximum atomic E-state index is 11.4. The highest BCUT2D eigenvalue weighted by atomic mass is 16.5. The topological polar surface area (TPSA) is 101 Å². The van der Waals surface area contributed by atoms with E-state index in [-0.39, 0.29) is 5.97 Å². The minimum atomic E-state index is -0.388. The van der Waals surface area contributed by atoms with E-state index < -0.39 is 0 Å². The number of hydrogen-bond acceptors (Lipinski definition) is 8. The number of methoxy groups -OCH3 is 1. The Kier molecular flexibility index (Phi) is 5.03. The average molecular weight is 342 g/mol. The summed E-state index contributed by atoms with van der Waals surface area (Å²) in [5, 5.41) is 11.0. The molecule has 2 heterocycles. The van der Waals surface area contributed by atoms with Crippen LogP contribution in [0.1, 0.15) is 10.4 Å². The predicted octanol–water partition coefficient (Wildman–Crippen LogP) is 0.680. The summed E-state index contributed by atoms with van der Waals surface area (Å²) in [6, 6.07) is 6.80. The first-order valence-corrected chi connectivity index (χ1v) is 7.79. The molecular formula is C16H18N6O3. The Morgan fingerprint density at radius 3 is 2.56 bits per heavy atom. The normalized spacial score (nSPS) is 14.1. The van der Waals surface area contributed by atoms with Crippen LogP contribution in [0.4, 0.5) is 17.5 Å². The Morgan fingerprint density at radius 1 is 1.20 bits per heavy atom. The smallest absolute Gasteiger partial charge is 0.337 e. The molecule has 25 heavy (non-hydrogen) atoms. The van der Waals surface area contributed by atoms with E-state index in [0.29, 0.717) is 43.5 Å². The number of carbonyl (C=O) groups excluding carboxylic acids is 2. The Labute approximate surface area is 144 Å². The molecule has 1 amide bonds. The van der Waals surface area contributed by atoms with Crippen molar-refractivity contribution in [2.75, 3.05) is 43.5 Å². The Bertz CT molecular complexity index is 744. The highest BCUT2D eigenvalue weighted by molar-refractivity contribution is 5.89. The number of anilines is 3. The molecule has 0 radical (unpaired) electrons. The minimum absolute atomic E-state index is 0.362. The van der Waals surface area contributed by atoms with Crippen LogP contribution in [-0.2, 0) is 9.53 Å². The molecule has 0 unspecified atom stereocenters. The molecule has 1 fully saturated rings. The summed E-state index contributed by atoms with van der Waals surface area (Å²) in [6.45, 7) is 2.71. The number of rotatable bonds is 5. The fourth-order valence-corrected chi connectivity index (χ4v) is 2.49. The largest absolute Gasteiger partial charge is 0.465 e. The number of benzene rings is 1. The van der Waals surface area contributed by atoms with Gasteiger partial charge in [0, 0.05) is 31.9 Å². The van der Waals surface area contributed by atoms with Gasteiger partial charge in [-0.1, -0.05) is 0 Å². The summed E-state index contributed by atoms with van der Waals surface area (Å²) in [6.07, 6.45) is 2.46. The highest BCUT2D eigenvalue weighted by Crippen LogP contribution is 2.17. The van der Waals surface area contributed by atoms with Gasteiger partial charge in [0.05, 0.1) is 18.9 Å². The second-order valence-electron chi connectivity index (χ2n) is 5.46. The van der Waals surface area contributed by atoms with Crippen molar-refractivity contribution in [3.8, 4) is 0 Å². The van der Waals surface area contributed by atoms with E-state index in [1.807, 2.05) is 0 Å². The second-order valence-corrected chi connectivity index (χ2v) is 5.46. The zero-order valence-corrected chi connectivity index (χ0v) is 13.8. The van der Waals surface area contributed by atoms with Gasteiger partial charge in [0.15, 0.2) is 5.82 Å². The molecule has 1 saturated heterocycles. The number of ether oxygens (including phenoxy) is 1. The maximum absolute atomic E-state index is 11.4. The van der Waals surface area contributed by atoms with Gasteiger partial charge in [-0.05, 0) is 24.3 Å². The van der Waals surface area contributed by atoms with E-state index in [2.05, 4.69) is 30.1 Å². The Hall–Kier alpha value is -3.23. The van der Waals surface area contributed by atoms with Crippen molar-refractivity contribution >= 4 is 29.8 Å². The summed E-state index contributed by atoms with van der Waals surface area (Å²) in [5.74, 6) is 0.677. The monoisotopic (exact) mass is 342 g/mol. The number of piperazine rings is 1. The van der Waals surface area contributed by atoms with Crippen LogP contribution in [0.25, 0.3) is 0 Å². The first-order chi connectivity index (χ1) is 12.2. The molecule has 130 valence electrons. The molecule has 9 nitrogen and oxygen atoms in total. The molecule has 1 aliphatic heterocycles. The van der Waals surface area contributed by atoms with Crippen molar-refractivity contribution in [3.05, 3.63) is 36.0 Å². The molecule has 2 aromatic rings. The SMILES string of the molecule is COC(=O)c1ccc(Nc2nncc(N3CCN(C=O)CC3)n2)cc1. The lowest BCUT2D eigenvalue weighted by molar-refractivity contribution is -0.118. The van der Waals surface area contributed by atoms with Gasteiger partial charge in [-0.2, -0.15) is 10.1 Å². The summed E-state index contributed by atoms with van der Waals surface area (Å²) >= 11 is 0. The van der Waals surface area contributed by atoms with E-state index in [4.69, 9.17) is 0 Å². The maximum Gasteiger partial charge on any atom is 0.337 e. The fourth-order valence-electron chi connectivity index (χ4n) is 2.49. The fraction of sp³-hybridized carbons (Fsp3) is 0.312. The number of nitrogens with zero attached hydrogens (tertiary/aromatic N) is 5. The lowest BCUT2D eigenvalue weighted by atomic mass is 10.2. The second kappa shape index (κ2) is 7.56. The van der Waals surface area contributed by atoms with Gasteiger partial charge in [0.1, 0.15) is 0 Å². The van der Waals surface area contributed by atoms with Crippen LogP contribution < -0.4 is 10.2 Å². The molecule has 3 rings (SSSR count). The van der Waals surface area contributed by atoms with E-state index in [1.165, 1.54) is 7.11 Å². The zero-order chi connectivity index (χ0) is 17.6. The third kappa shape index (κ3) is 4.00. The first kappa shape index (κ1) is 16.6. The van der Waals surface area contributed by atoms with Crippen LogP contribution in [-0.4, -0.2) is 65.7 Å². The van der Waals surface area contributed by atoms with Crippen LogP contribution in [0.5, 0.6) is 0 Å². The molecule has 0 bridgehead atoms. The predicted molar refractivity (Wildman–Crippen MR) is 90.7 cm³/mol. The standard InChI is InChI=1S/C16H18N6O3/c1-25-15(24)12-2-4-13(5-3-12)18-16-19-14(10-17-20-16)22-8-6-21(11-23)7-9-22/h2-5,10-11H,6-9H2,1H3,(H,18,19,20). The summed E-state index contributed by atoms with van der Waals surface area (Å²) in [5.41, 5.74) is 1.20. The summed E-state index contributed by atoms with van der Waals surface area (Å²) in [7, 11) is 1.34. The van der Waals surface area contributed by atoms with Gasteiger partial charge >= 0.3 is 5.97 Å². The molecule has 0 saturated carbocycles. The van der Waals surface area contributed by atoms with Crippen molar-refractivity contribution in [1.29, 1.82) is 0 Å². The number of nitrogens with one attached hydrogen (secondary N) is 1. The van der Waals surface area contributed by atoms with Crippen molar-refractivity contribution in [1.82, 2.24) is 20.1 Å². The van der Waals surface area contributed by atoms with Crippen LogP contribution in [0.2, 0.25) is 0 Å². The van der Waals surface area contributed by atoms with Crippen LogP contribution in [0, 0.1) is 0 Å². The van der Waals surface area contributed by atoms with Gasteiger partial charge in [-0.15, -0.1) is 5.10 Å². The molecule has 0 spiro atoms. The van der Waals surface area contributed by atoms with E-state index in [0.717, 1.165) is 12.1 Å². The quantitative estimate of drug-likeness (QED) is 0.625. The number of hydrogen-bond donors (Lipinski definition) is 1. The molecule has 1 aromatic heterocycles. The number of aromatic nitrogens is 3. The van der Waals surface area contributed by atoms with Crippen LogP contribution >= 0.6 is 0 Å². The van der Waals surface area contributed by atoms with Crippen molar-refractivity contribution in [2.45, 2.75) is 0 Å². The van der Waals surface area contributed by atoms with Crippen molar-refractivity contribution in [3.63, 3.8) is 0 Å². The van der Waals surface area contributed by atoms with Gasteiger partial charge in [0.25, 0.3) is 0 Å². The molecule has 1 aromatic carbocycles. The summed E-state index contributed by atoms with van der Waals surface area (Å²) < 4.78 is 4.67. The van der Waals surface area contributed by atoms with Gasteiger partial charge in [-0.3, -0.25) is 4.79 Å². The molecule has 0 atom stereocenters. The number of amides is 1. The molecule has 1 N–H and O–H groups in total. The highest BCUT2D eigenvalue weighted by Gasteiger charge is 2.17. The van der Waals surface area contributed by atoms with Crippen LogP contribution in [0.15, 0.2) is 30.5 Å².